The van der Waals surface area contributed by atoms with Gasteiger partial charge in [0.05, 0.1) is 18.6 Å². The van der Waals surface area contributed by atoms with E-state index in [4.69, 9.17) is 4.74 Å². The monoisotopic (exact) mass is 397 g/mol. The highest BCUT2D eigenvalue weighted by molar-refractivity contribution is 7.89. The molecule has 1 aliphatic rings. The number of piperidine rings is 1. The van der Waals surface area contributed by atoms with E-state index in [2.05, 4.69) is 10.6 Å². The first-order chi connectivity index (χ1) is 12.7. The number of benzene rings is 1. The van der Waals surface area contributed by atoms with Gasteiger partial charge in [0.15, 0.2) is 0 Å². The van der Waals surface area contributed by atoms with Crippen LogP contribution >= 0.6 is 0 Å². The van der Waals surface area contributed by atoms with Gasteiger partial charge < -0.3 is 15.4 Å². The minimum absolute atomic E-state index is 0.0146. The van der Waals surface area contributed by atoms with Crippen molar-refractivity contribution in [2.24, 2.45) is 5.92 Å². The molecule has 0 bridgehead atoms. The Morgan fingerprint density at radius 2 is 1.78 bits per heavy atom. The Kier molecular flexibility index (Phi) is 7.20. The first-order valence-electron chi connectivity index (χ1n) is 8.95. The van der Waals surface area contributed by atoms with Crippen LogP contribution in [0.4, 0.5) is 0 Å². The summed E-state index contributed by atoms with van der Waals surface area (Å²) in [5, 5.41) is 5.33. The third-order valence-corrected chi connectivity index (χ3v) is 6.31. The lowest BCUT2D eigenvalue weighted by molar-refractivity contribution is -0.129. The number of methoxy groups -OCH3 is 1. The lowest BCUT2D eigenvalue weighted by atomic mass is 9.97. The molecule has 9 heteroatoms. The van der Waals surface area contributed by atoms with Crippen LogP contribution in [0.15, 0.2) is 29.2 Å². The number of ether oxygens (including phenoxy) is 1. The Bertz CT molecular complexity index is 754. The minimum atomic E-state index is -3.59. The van der Waals surface area contributed by atoms with E-state index in [9.17, 15) is 18.0 Å². The van der Waals surface area contributed by atoms with Gasteiger partial charge >= 0.3 is 0 Å². The lowest BCUT2D eigenvalue weighted by Crippen LogP contribution is -2.45. The van der Waals surface area contributed by atoms with Gasteiger partial charge in [-0.15, -0.1) is 0 Å². The molecule has 1 aromatic carbocycles. The smallest absolute Gasteiger partial charge is 0.243 e. The molecule has 150 valence electrons. The summed E-state index contributed by atoms with van der Waals surface area (Å²) in [6, 6.07) is 6.26. The SMILES string of the molecule is COc1ccc(S(=O)(=O)N2CCC(C(=O)NCC(=O)NC(C)C)CC2)cc1. The molecule has 0 atom stereocenters. The minimum Gasteiger partial charge on any atom is -0.497 e. The van der Waals surface area contributed by atoms with Gasteiger partial charge in [0.2, 0.25) is 21.8 Å². The molecule has 2 rings (SSSR count). The van der Waals surface area contributed by atoms with Crippen molar-refractivity contribution in [1.29, 1.82) is 0 Å². The quantitative estimate of drug-likeness (QED) is 0.706. The predicted molar refractivity (Wildman–Crippen MR) is 101 cm³/mol. The Hall–Kier alpha value is -2.13. The lowest BCUT2D eigenvalue weighted by Gasteiger charge is -2.30. The Balaban J connectivity index is 1.88. The second-order valence-corrected chi connectivity index (χ2v) is 8.73. The summed E-state index contributed by atoms with van der Waals surface area (Å²) < 4.78 is 31.9. The Labute approximate surface area is 160 Å². The average molecular weight is 397 g/mol. The number of sulfonamides is 1. The summed E-state index contributed by atoms with van der Waals surface area (Å²) in [4.78, 5) is 24.0. The van der Waals surface area contributed by atoms with Gasteiger partial charge in [-0.05, 0) is 51.0 Å². The van der Waals surface area contributed by atoms with Crippen molar-refractivity contribution in [3.63, 3.8) is 0 Å². The van der Waals surface area contributed by atoms with Crippen LogP contribution in [0.1, 0.15) is 26.7 Å². The second-order valence-electron chi connectivity index (χ2n) is 6.79. The molecule has 1 heterocycles. The highest BCUT2D eigenvalue weighted by Crippen LogP contribution is 2.25. The first-order valence-corrected chi connectivity index (χ1v) is 10.4. The zero-order valence-electron chi connectivity index (χ0n) is 15.9. The molecule has 0 aromatic heterocycles. The van der Waals surface area contributed by atoms with Gasteiger partial charge in [-0.1, -0.05) is 0 Å². The topological polar surface area (TPSA) is 105 Å². The van der Waals surface area contributed by atoms with Gasteiger partial charge in [0.25, 0.3) is 0 Å². The van der Waals surface area contributed by atoms with Crippen molar-refractivity contribution in [2.45, 2.75) is 37.6 Å². The third kappa shape index (κ3) is 5.67. The molecular formula is C18H27N3O5S. The van der Waals surface area contributed by atoms with Crippen molar-refractivity contribution in [2.75, 3.05) is 26.7 Å². The fraction of sp³-hybridized carbons (Fsp3) is 0.556. The normalized spacial score (nSPS) is 16.1. The van der Waals surface area contributed by atoms with Crippen LogP contribution in [0.2, 0.25) is 0 Å². The van der Waals surface area contributed by atoms with Gasteiger partial charge in [0, 0.05) is 25.0 Å². The average Bonchev–Trinajstić information content (AvgIpc) is 2.65. The molecule has 1 saturated heterocycles. The molecule has 1 aliphatic heterocycles. The summed E-state index contributed by atoms with van der Waals surface area (Å²) in [6.45, 7) is 4.16. The second kappa shape index (κ2) is 9.18. The third-order valence-electron chi connectivity index (χ3n) is 4.39. The number of rotatable bonds is 7. The summed E-state index contributed by atoms with van der Waals surface area (Å²) in [5.41, 5.74) is 0. The van der Waals surface area contributed by atoms with E-state index in [1.54, 1.807) is 12.1 Å². The standard InChI is InChI=1S/C18H27N3O5S/c1-13(2)20-17(22)12-19-18(23)14-8-10-21(11-9-14)27(24,25)16-6-4-15(26-3)5-7-16/h4-7,13-14H,8-12H2,1-3H3,(H,19,23)(H,20,22). The molecule has 0 spiro atoms. The van der Waals surface area contributed by atoms with E-state index in [0.29, 0.717) is 18.6 Å². The van der Waals surface area contributed by atoms with Crippen molar-refractivity contribution in [3.05, 3.63) is 24.3 Å². The van der Waals surface area contributed by atoms with Crippen LogP contribution in [0.25, 0.3) is 0 Å². The summed E-state index contributed by atoms with van der Waals surface area (Å²) in [6.07, 6.45) is 0.847. The van der Waals surface area contributed by atoms with E-state index in [1.165, 1.54) is 23.5 Å². The zero-order chi connectivity index (χ0) is 20.0. The first kappa shape index (κ1) is 21.2. The van der Waals surface area contributed by atoms with E-state index >= 15 is 0 Å². The molecule has 1 aromatic rings. The molecule has 0 radical (unpaired) electrons. The molecule has 2 N–H and O–H groups in total. The van der Waals surface area contributed by atoms with E-state index in [1.807, 2.05) is 13.8 Å². The maximum absolute atomic E-state index is 12.7. The predicted octanol–water partition coefficient (Wildman–Crippen LogP) is 0.737. The van der Waals surface area contributed by atoms with Crippen LogP contribution < -0.4 is 15.4 Å². The molecule has 0 unspecified atom stereocenters. The van der Waals surface area contributed by atoms with Crippen LogP contribution in [-0.4, -0.2) is 57.3 Å². The summed E-state index contributed by atoms with van der Waals surface area (Å²) in [5.74, 6) is -0.154. The molecule has 0 saturated carbocycles. The molecule has 2 amide bonds. The fourth-order valence-corrected chi connectivity index (χ4v) is 4.41. The number of carbonyl (C=O) groups excluding carboxylic acids is 2. The number of amides is 2. The fourth-order valence-electron chi connectivity index (χ4n) is 2.94. The largest absolute Gasteiger partial charge is 0.497 e. The molecule has 1 fully saturated rings. The maximum Gasteiger partial charge on any atom is 0.243 e. The van der Waals surface area contributed by atoms with Gasteiger partial charge in [-0.3, -0.25) is 9.59 Å². The van der Waals surface area contributed by atoms with E-state index in [0.717, 1.165) is 0 Å². The number of nitrogens with one attached hydrogen (secondary N) is 2. The number of hydrogen-bond acceptors (Lipinski definition) is 5. The molecule has 0 aliphatic carbocycles. The van der Waals surface area contributed by atoms with Gasteiger partial charge in [0.1, 0.15) is 5.75 Å². The van der Waals surface area contributed by atoms with Gasteiger partial charge in [-0.25, -0.2) is 8.42 Å². The van der Waals surface area contributed by atoms with E-state index < -0.39 is 10.0 Å². The van der Waals surface area contributed by atoms with Crippen molar-refractivity contribution in [3.8, 4) is 5.75 Å². The summed E-state index contributed by atoms with van der Waals surface area (Å²) >= 11 is 0. The van der Waals surface area contributed by atoms with Crippen molar-refractivity contribution >= 4 is 21.8 Å². The summed E-state index contributed by atoms with van der Waals surface area (Å²) in [7, 11) is -2.07. The highest BCUT2D eigenvalue weighted by Gasteiger charge is 2.32. The molecular weight excluding hydrogens is 370 g/mol. The number of carbonyl (C=O) groups is 2. The molecule has 27 heavy (non-hydrogen) atoms. The highest BCUT2D eigenvalue weighted by atomic mass is 32.2. The molecule has 8 nitrogen and oxygen atoms in total. The number of nitrogens with zero attached hydrogens (tertiary/aromatic N) is 1. The maximum atomic E-state index is 12.7. The Morgan fingerprint density at radius 1 is 1.19 bits per heavy atom. The van der Waals surface area contributed by atoms with Crippen LogP contribution in [0, 0.1) is 5.92 Å². The van der Waals surface area contributed by atoms with Crippen molar-refractivity contribution in [1.82, 2.24) is 14.9 Å². The van der Waals surface area contributed by atoms with Gasteiger partial charge in [-0.2, -0.15) is 4.31 Å². The van der Waals surface area contributed by atoms with E-state index in [-0.39, 0.29) is 48.3 Å². The van der Waals surface area contributed by atoms with Crippen LogP contribution in [0.5, 0.6) is 5.75 Å². The van der Waals surface area contributed by atoms with Crippen LogP contribution in [0.3, 0.4) is 0 Å². The Morgan fingerprint density at radius 3 is 2.30 bits per heavy atom. The zero-order valence-corrected chi connectivity index (χ0v) is 16.7. The number of hydrogen-bond donors (Lipinski definition) is 2. The van der Waals surface area contributed by atoms with Crippen molar-refractivity contribution < 1.29 is 22.7 Å². The van der Waals surface area contributed by atoms with Crippen LogP contribution in [-0.2, 0) is 19.6 Å².